The zero-order valence-corrected chi connectivity index (χ0v) is 6.73. The maximum atomic E-state index is 5.41. The molecule has 0 saturated heterocycles. The number of anilines is 1. The summed E-state index contributed by atoms with van der Waals surface area (Å²) in [6, 6.07) is 0.427. The molecule has 0 spiro atoms. The van der Waals surface area contributed by atoms with E-state index in [2.05, 4.69) is 9.97 Å². The summed E-state index contributed by atoms with van der Waals surface area (Å²) in [4.78, 5) is 7.84. The molecule has 2 rings (SSSR count). The molecule has 0 atom stereocenters. The first-order valence-corrected chi connectivity index (χ1v) is 4.05. The highest BCUT2D eigenvalue weighted by molar-refractivity contribution is 5.30. The molecular weight excluding hydrogens is 154 g/mol. The highest BCUT2D eigenvalue weighted by Gasteiger charge is 2.22. The second kappa shape index (κ2) is 2.97. The van der Waals surface area contributed by atoms with E-state index in [-0.39, 0.29) is 0 Å². The number of rotatable bonds is 3. The molecule has 1 aromatic rings. The van der Waals surface area contributed by atoms with Crippen molar-refractivity contribution in [2.45, 2.75) is 12.8 Å². The Kier molecular flexibility index (Phi) is 1.81. The zero-order chi connectivity index (χ0) is 8.39. The lowest BCUT2D eigenvalue weighted by Crippen LogP contribution is -2.02. The molecule has 1 aliphatic carbocycles. The van der Waals surface area contributed by atoms with Crippen LogP contribution in [-0.2, 0) is 0 Å². The van der Waals surface area contributed by atoms with Crippen LogP contribution in [0.3, 0.4) is 0 Å². The summed E-state index contributed by atoms with van der Waals surface area (Å²) >= 11 is 0. The highest BCUT2D eigenvalue weighted by Crippen LogP contribution is 2.28. The summed E-state index contributed by atoms with van der Waals surface area (Å²) in [5.74, 6) is 0.728. The minimum absolute atomic E-state index is 0.427. The Labute approximate surface area is 70.8 Å². The summed E-state index contributed by atoms with van der Waals surface area (Å²) in [5, 5.41) is 0. The average molecular weight is 165 g/mol. The molecule has 0 aromatic carbocycles. The van der Waals surface area contributed by atoms with Crippen LogP contribution in [0.4, 0.5) is 5.69 Å². The van der Waals surface area contributed by atoms with Crippen LogP contribution < -0.4 is 10.5 Å². The Morgan fingerprint density at radius 3 is 2.67 bits per heavy atom. The van der Waals surface area contributed by atoms with Crippen molar-refractivity contribution in [2.75, 3.05) is 12.3 Å². The second-order valence-electron chi connectivity index (χ2n) is 3.05. The van der Waals surface area contributed by atoms with Crippen LogP contribution in [0.1, 0.15) is 12.8 Å². The Morgan fingerprint density at radius 2 is 2.08 bits per heavy atom. The second-order valence-corrected chi connectivity index (χ2v) is 3.05. The third-order valence-corrected chi connectivity index (χ3v) is 1.79. The van der Waals surface area contributed by atoms with Crippen LogP contribution in [-0.4, -0.2) is 16.6 Å². The third kappa shape index (κ3) is 1.84. The number of nitrogens with zero attached hydrogens (tertiary/aromatic N) is 2. The number of nitrogen functional groups attached to an aromatic ring is 1. The lowest BCUT2D eigenvalue weighted by Gasteiger charge is -2.01. The fourth-order valence-corrected chi connectivity index (χ4v) is 0.878. The monoisotopic (exact) mass is 165 g/mol. The van der Waals surface area contributed by atoms with Gasteiger partial charge in [-0.2, -0.15) is 0 Å². The SMILES string of the molecule is Nc1cnc(OCC2CC2)nc1. The standard InChI is InChI=1S/C8H11N3O/c9-7-3-10-8(11-4-7)12-5-6-1-2-6/h3-4,6H,1-2,5,9H2. The van der Waals surface area contributed by atoms with Gasteiger partial charge in [0.1, 0.15) is 0 Å². The first-order chi connectivity index (χ1) is 5.84. The van der Waals surface area contributed by atoms with Crippen molar-refractivity contribution >= 4 is 5.69 Å². The molecule has 64 valence electrons. The third-order valence-electron chi connectivity index (χ3n) is 1.79. The molecule has 1 aliphatic rings. The van der Waals surface area contributed by atoms with Gasteiger partial charge in [-0.3, -0.25) is 0 Å². The number of hydrogen-bond acceptors (Lipinski definition) is 4. The minimum Gasteiger partial charge on any atom is -0.463 e. The van der Waals surface area contributed by atoms with E-state index in [0.29, 0.717) is 11.7 Å². The predicted octanol–water partition coefficient (Wildman–Crippen LogP) is 0.848. The van der Waals surface area contributed by atoms with Crippen molar-refractivity contribution in [2.24, 2.45) is 5.92 Å². The minimum atomic E-state index is 0.427. The maximum absolute atomic E-state index is 5.41. The first-order valence-electron chi connectivity index (χ1n) is 4.05. The van der Waals surface area contributed by atoms with Gasteiger partial charge in [-0.05, 0) is 18.8 Å². The van der Waals surface area contributed by atoms with Crippen molar-refractivity contribution in [3.05, 3.63) is 12.4 Å². The highest BCUT2D eigenvalue weighted by atomic mass is 16.5. The summed E-state index contributed by atoms with van der Waals surface area (Å²) < 4.78 is 5.31. The molecule has 1 fully saturated rings. The van der Waals surface area contributed by atoms with Gasteiger partial charge in [0.25, 0.3) is 0 Å². The van der Waals surface area contributed by atoms with E-state index < -0.39 is 0 Å². The lowest BCUT2D eigenvalue weighted by molar-refractivity contribution is 0.276. The van der Waals surface area contributed by atoms with E-state index in [4.69, 9.17) is 10.5 Å². The van der Waals surface area contributed by atoms with Gasteiger partial charge in [-0.25, -0.2) is 9.97 Å². The maximum Gasteiger partial charge on any atom is 0.316 e. The molecule has 0 amide bonds. The molecule has 0 bridgehead atoms. The molecule has 0 aliphatic heterocycles. The van der Waals surface area contributed by atoms with Gasteiger partial charge >= 0.3 is 6.01 Å². The predicted molar refractivity (Wildman–Crippen MR) is 44.7 cm³/mol. The number of ether oxygens (including phenoxy) is 1. The van der Waals surface area contributed by atoms with Crippen molar-refractivity contribution in [1.82, 2.24) is 9.97 Å². The number of hydrogen-bond donors (Lipinski definition) is 1. The Morgan fingerprint density at radius 1 is 1.42 bits per heavy atom. The summed E-state index contributed by atoms with van der Waals surface area (Å²) in [6.45, 7) is 0.740. The van der Waals surface area contributed by atoms with Crippen LogP contribution >= 0.6 is 0 Å². The smallest absolute Gasteiger partial charge is 0.316 e. The van der Waals surface area contributed by atoms with Gasteiger partial charge in [0.05, 0.1) is 24.7 Å². The van der Waals surface area contributed by atoms with Gasteiger partial charge in [-0.1, -0.05) is 0 Å². The molecular formula is C8H11N3O. The van der Waals surface area contributed by atoms with Crippen LogP contribution in [0.25, 0.3) is 0 Å². The van der Waals surface area contributed by atoms with Crippen LogP contribution in [0, 0.1) is 5.92 Å². The zero-order valence-electron chi connectivity index (χ0n) is 6.73. The summed E-state index contributed by atoms with van der Waals surface area (Å²) in [5.41, 5.74) is 5.98. The lowest BCUT2D eigenvalue weighted by atomic mass is 10.5. The molecule has 1 heterocycles. The molecule has 4 heteroatoms. The van der Waals surface area contributed by atoms with Gasteiger partial charge in [0.15, 0.2) is 0 Å². The van der Waals surface area contributed by atoms with Crippen molar-refractivity contribution < 1.29 is 4.74 Å². The topological polar surface area (TPSA) is 61.0 Å². The first kappa shape index (κ1) is 7.34. The molecule has 0 unspecified atom stereocenters. The van der Waals surface area contributed by atoms with Gasteiger partial charge < -0.3 is 10.5 Å². The van der Waals surface area contributed by atoms with E-state index >= 15 is 0 Å². The van der Waals surface area contributed by atoms with Crippen LogP contribution in [0.5, 0.6) is 6.01 Å². The van der Waals surface area contributed by atoms with Gasteiger partial charge in [-0.15, -0.1) is 0 Å². The molecule has 1 saturated carbocycles. The Bertz CT molecular complexity index is 256. The summed E-state index contributed by atoms with van der Waals surface area (Å²) in [6.07, 6.45) is 5.65. The fourth-order valence-electron chi connectivity index (χ4n) is 0.878. The summed E-state index contributed by atoms with van der Waals surface area (Å²) in [7, 11) is 0. The molecule has 4 nitrogen and oxygen atoms in total. The Hall–Kier alpha value is -1.32. The largest absolute Gasteiger partial charge is 0.463 e. The quantitative estimate of drug-likeness (QED) is 0.721. The van der Waals surface area contributed by atoms with Crippen molar-refractivity contribution in [3.63, 3.8) is 0 Å². The number of aromatic nitrogens is 2. The molecule has 0 radical (unpaired) electrons. The van der Waals surface area contributed by atoms with E-state index in [1.807, 2.05) is 0 Å². The van der Waals surface area contributed by atoms with E-state index in [0.717, 1.165) is 12.5 Å². The molecule has 1 aromatic heterocycles. The van der Waals surface area contributed by atoms with Crippen molar-refractivity contribution in [1.29, 1.82) is 0 Å². The van der Waals surface area contributed by atoms with Crippen LogP contribution in [0.2, 0.25) is 0 Å². The van der Waals surface area contributed by atoms with Crippen molar-refractivity contribution in [3.8, 4) is 6.01 Å². The fraction of sp³-hybridized carbons (Fsp3) is 0.500. The average Bonchev–Trinajstić information content (AvgIpc) is 2.87. The van der Waals surface area contributed by atoms with Gasteiger partial charge in [0, 0.05) is 0 Å². The number of nitrogens with two attached hydrogens (primary N) is 1. The van der Waals surface area contributed by atoms with E-state index in [1.54, 1.807) is 12.4 Å². The van der Waals surface area contributed by atoms with E-state index in [1.165, 1.54) is 12.8 Å². The van der Waals surface area contributed by atoms with E-state index in [9.17, 15) is 0 Å². The molecule has 12 heavy (non-hydrogen) atoms. The van der Waals surface area contributed by atoms with Gasteiger partial charge in [0.2, 0.25) is 0 Å². The Balaban J connectivity index is 1.89. The normalized spacial score (nSPS) is 16.0. The molecule has 2 N–H and O–H groups in total. The van der Waals surface area contributed by atoms with Crippen LogP contribution in [0.15, 0.2) is 12.4 Å².